The molecule has 0 fully saturated rings. The zero-order valence-electron chi connectivity index (χ0n) is 13.1. The summed E-state index contributed by atoms with van der Waals surface area (Å²) in [5.41, 5.74) is 0.564. The Morgan fingerprint density at radius 1 is 1.38 bits per heavy atom. The lowest BCUT2D eigenvalue weighted by Crippen LogP contribution is -2.12. The molecule has 0 unspecified atom stereocenters. The molecule has 1 aromatic carbocycles. The summed E-state index contributed by atoms with van der Waals surface area (Å²) in [7, 11) is 0. The van der Waals surface area contributed by atoms with E-state index in [9.17, 15) is 14.0 Å². The summed E-state index contributed by atoms with van der Waals surface area (Å²) in [4.78, 5) is 27.9. The highest BCUT2D eigenvalue weighted by atomic mass is 32.2. The number of carbonyl (C=O) groups is 2. The number of ether oxygens (including phenoxy) is 1. The lowest BCUT2D eigenvalue weighted by atomic mass is 10.3. The minimum atomic E-state index is -0.345. The number of anilines is 1. The molecule has 8 heteroatoms. The molecule has 0 saturated heterocycles. The second-order valence-corrected chi connectivity index (χ2v) is 6.70. The normalized spacial score (nSPS) is 10.4. The number of halogens is 1. The average molecular weight is 368 g/mol. The van der Waals surface area contributed by atoms with E-state index < -0.39 is 0 Å². The Bertz CT molecular complexity index is 706. The molecule has 0 aliphatic heterocycles. The van der Waals surface area contributed by atoms with Gasteiger partial charge >= 0.3 is 5.97 Å². The van der Waals surface area contributed by atoms with Crippen LogP contribution in [0.1, 0.15) is 19.0 Å². The highest BCUT2D eigenvalue weighted by Gasteiger charge is 2.11. The third kappa shape index (κ3) is 5.93. The van der Waals surface area contributed by atoms with E-state index >= 15 is 0 Å². The van der Waals surface area contributed by atoms with E-state index in [4.69, 9.17) is 4.74 Å². The van der Waals surface area contributed by atoms with Gasteiger partial charge in [0.25, 0.3) is 0 Å². The Hall–Kier alpha value is -1.93. The van der Waals surface area contributed by atoms with Crippen molar-refractivity contribution >= 4 is 40.1 Å². The molecule has 5 nitrogen and oxygen atoms in total. The number of carbonyl (C=O) groups excluding carboxylic acids is 2. The van der Waals surface area contributed by atoms with Crippen LogP contribution in [-0.2, 0) is 20.7 Å². The summed E-state index contributed by atoms with van der Waals surface area (Å²) in [6, 6.07) is 6.46. The summed E-state index contributed by atoms with van der Waals surface area (Å²) in [5.74, 6) is -0.363. The topological polar surface area (TPSA) is 68.3 Å². The summed E-state index contributed by atoms with van der Waals surface area (Å²) >= 11 is 2.54. The standard InChI is InChI=1S/C16H17FN2O3S2/c1-2-22-15(21)9-11-10-24-16(18-11)19-14(20)7-8-23-13-6-4-3-5-12(13)17/h3-6,10H,2,7-9H2,1H3,(H,18,19,20). The van der Waals surface area contributed by atoms with Gasteiger partial charge in [-0.25, -0.2) is 9.37 Å². The van der Waals surface area contributed by atoms with Crippen LogP contribution < -0.4 is 5.32 Å². The van der Waals surface area contributed by atoms with Gasteiger partial charge in [0.1, 0.15) is 5.82 Å². The van der Waals surface area contributed by atoms with E-state index in [1.54, 1.807) is 30.5 Å². The van der Waals surface area contributed by atoms with Gasteiger partial charge in [0.05, 0.1) is 18.7 Å². The third-order valence-electron chi connectivity index (χ3n) is 2.85. The number of esters is 1. The lowest BCUT2D eigenvalue weighted by Gasteiger charge is -2.03. The Morgan fingerprint density at radius 3 is 2.92 bits per heavy atom. The van der Waals surface area contributed by atoms with Crippen molar-refractivity contribution in [2.75, 3.05) is 17.7 Å². The first-order chi connectivity index (χ1) is 11.6. The van der Waals surface area contributed by atoms with Crippen molar-refractivity contribution in [3.63, 3.8) is 0 Å². The minimum Gasteiger partial charge on any atom is -0.466 e. The number of hydrogen-bond acceptors (Lipinski definition) is 6. The molecule has 128 valence electrons. The number of rotatable bonds is 8. The molecular formula is C16H17FN2O3S2. The maximum absolute atomic E-state index is 13.5. The summed E-state index contributed by atoms with van der Waals surface area (Å²) in [6.07, 6.45) is 0.329. The first kappa shape index (κ1) is 18.4. The maximum Gasteiger partial charge on any atom is 0.311 e. The number of benzene rings is 1. The highest BCUT2D eigenvalue weighted by molar-refractivity contribution is 7.99. The number of amides is 1. The first-order valence-corrected chi connectivity index (χ1v) is 9.22. The molecule has 24 heavy (non-hydrogen) atoms. The minimum absolute atomic E-state index is 0.0867. The van der Waals surface area contributed by atoms with Crippen LogP contribution in [-0.4, -0.2) is 29.2 Å². The van der Waals surface area contributed by atoms with E-state index in [-0.39, 0.29) is 30.5 Å². The van der Waals surface area contributed by atoms with Gasteiger partial charge in [-0.15, -0.1) is 23.1 Å². The second kappa shape index (κ2) is 9.39. The third-order valence-corrected chi connectivity index (χ3v) is 4.71. The van der Waals surface area contributed by atoms with Gasteiger partial charge in [-0.3, -0.25) is 9.59 Å². The van der Waals surface area contributed by atoms with Gasteiger partial charge in [0.15, 0.2) is 5.13 Å². The van der Waals surface area contributed by atoms with Crippen molar-refractivity contribution in [3.05, 3.63) is 41.2 Å². The molecule has 1 aromatic heterocycles. The van der Waals surface area contributed by atoms with Crippen LogP contribution in [0.4, 0.5) is 9.52 Å². The predicted molar refractivity (Wildman–Crippen MR) is 92.8 cm³/mol. The maximum atomic E-state index is 13.5. The fraction of sp³-hybridized carbons (Fsp3) is 0.312. The Balaban J connectivity index is 1.75. The van der Waals surface area contributed by atoms with Crippen LogP contribution in [0.5, 0.6) is 0 Å². The molecule has 0 saturated carbocycles. The SMILES string of the molecule is CCOC(=O)Cc1csc(NC(=O)CCSc2ccccc2F)n1. The quantitative estimate of drug-likeness (QED) is 0.570. The zero-order chi connectivity index (χ0) is 17.4. The molecule has 1 N–H and O–H groups in total. The van der Waals surface area contributed by atoms with Crippen LogP contribution in [0, 0.1) is 5.82 Å². The second-order valence-electron chi connectivity index (χ2n) is 4.70. The number of thioether (sulfide) groups is 1. The average Bonchev–Trinajstić information content (AvgIpc) is 2.96. The molecule has 0 radical (unpaired) electrons. The van der Waals surface area contributed by atoms with E-state index in [1.165, 1.54) is 29.2 Å². The Kier molecular flexibility index (Phi) is 7.20. The van der Waals surface area contributed by atoms with Crippen LogP contribution in [0.3, 0.4) is 0 Å². The Morgan fingerprint density at radius 2 is 2.17 bits per heavy atom. The molecular weight excluding hydrogens is 351 g/mol. The van der Waals surface area contributed by atoms with Crippen molar-refractivity contribution in [2.45, 2.75) is 24.7 Å². The van der Waals surface area contributed by atoms with Crippen LogP contribution in [0.15, 0.2) is 34.5 Å². The molecule has 0 aliphatic carbocycles. The molecule has 1 heterocycles. The van der Waals surface area contributed by atoms with Crippen molar-refractivity contribution < 1.29 is 18.7 Å². The number of nitrogens with zero attached hydrogens (tertiary/aromatic N) is 1. The van der Waals surface area contributed by atoms with Crippen molar-refractivity contribution in [3.8, 4) is 0 Å². The van der Waals surface area contributed by atoms with E-state index in [0.717, 1.165) is 0 Å². The number of thiazole rings is 1. The molecule has 2 rings (SSSR count). The summed E-state index contributed by atoms with van der Waals surface area (Å²) in [5, 5.41) is 4.83. The molecule has 1 amide bonds. The van der Waals surface area contributed by atoms with Crippen molar-refractivity contribution in [2.24, 2.45) is 0 Å². The van der Waals surface area contributed by atoms with Gasteiger partial charge in [-0.05, 0) is 19.1 Å². The van der Waals surface area contributed by atoms with Crippen LogP contribution in [0.2, 0.25) is 0 Å². The molecule has 0 spiro atoms. The largest absolute Gasteiger partial charge is 0.466 e. The van der Waals surface area contributed by atoms with Gasteiger partial charge < -0.3 is 10.1 Å². The number of aromatic nitrogens is 1. The van der Waals surface area contributed by atoms with Gasteiger partial charge in [-0.1, -0.05) is 12.1 Å². The fourth-order valence-corrected chi connectivity index (χ4v) is 3.42. The number of hydrogen-bond donors (Lipinski definition) is 1. The predicted octanol–water partition coefficient (Wildman–Crippen LogP) is 3.51. The zero-order valence-corrected chi connectivity index (χ0v) is 14.7. The van der Waals surface area contributed by atoms with Gasteiger partial charge in [0.2, 0.25) is 5.91 Å². The van der Waals surface area contributed by atoms with Crippen LogP contribution in [0.25, 0.3) is 0 Å². The Labute approximate surface area is 147 Å². The molecule has 0 aliphatic rings. The molecule has 2 aromatic rings. The first-order valence-electron chi connectivity index (χ1n) is 7.35. The fourth-order valence-electron chi connectivity index (χ4n) is 1.80. The van der Waals surface area contributed by atoms with E-state index in [1.807, 2.05) is 0 Å². The monoisotopic (exact) mass is 368 g/mol. The van der Waals surface area contributed by atoms with Crippen LogP contribution >= 0.6 is 23.1 Å². The molecule has 0 atom stereocenters. The lowest BCUT2D eigenvalue weighted by molar-refractivity contribution is -0.142. The van der Waals surface area contributed by atoms with Gasteiger partial charge in [0, 0.05) is 22.4 Å². The highest BCUT2D eigenvalue weighted by Crippen LogP contribution is 2.22. The number of nitrogens with one attached hydrogen (secondary N) is 1. The summed E-state index contributed by atoms with van der Waals surface area (Å²) in [6.45, 7) is 2.07. The van der Waals surface area contributed by atoms with E-state index in [2.05, 4.69) is 10.3 Å². The van der Waals surface area contributed by atoms with Gasteiger partial charge in [-0.2, -0.15) is 0 Å². The van der Waals surface area contributed by atoms with E-state index in [0.29, 0.717) is 28.1 Å². The van der Waals surface area contributed by atoms with Crippen molar-refractivity contribution in [1.29, 1.82) is 0 Å². The summed E-state index contributed by atoms with van der Waals surface area (Å²) < 4.78 is 18.3. The van der Waals surface area contributed by atoms with Crippen molar-refractivity contribution in [1.82, 2.24) is 4.98 Å². The smallest absolute Gasteiger partial charge is 0.311 e. The molecule has 0 bridgehead atoms.